The normalized spacial score (nSPS) is 20.0. The lowest BCUT2D eigenvalue weighted by atomic mass is 10.00. The van der Waals surface area contributed by atoms with Gasteiger partial charge in [-0.1, -0.05) is 0 Å². The monoisotopic (exact) mass is 464 g/mol. The summed E-state index contributed by atoms with van der Waals surface area (Å²) < 4.78 is 0. The zero-order chi connectivity index (χ0) is 23.9. The molecular formula is C24H28N6O4. The van der Waals surface area contributed by atoms with Crippen molar-refractivity contribution in [1.29, 1.82) is 0 Å². The van der Waals surface area contributed by atoms with E-state index in [-0.39, 0.29) is 24.3 Å². The predicted molar refractivity (Wildman–Crippen MR) is 124 cm³/mol. The Morgan fingerprint density at radius 2 is 1.62 bits per heavy atom. The van der Waals surface area contributed by atoms with E-state index in [0.717, 1.165) is 19.3 Å². The van der Waals surface area contributed by atoms with E-state index in [1.165, 1.54) is 6.20 Å². The van der Waals surface area contributed by atoms with Crippen molar-refractivity contribution in [3.05, 3.63) is 54.6 Å². The van der Waals surface area contributed by atoms with Gasteiger partial charge >= 0.3 is 0 Å². The van der Waals surface area contributed by atoms with Crippen LogP contribution in [0.5, 0.6) is 0 Å². The Kier molecular flexibility index (Phi) is 7.46. The highest BCUT2D eigenvalue weighted by molar-refractivity contribution is 5.99. The highest BCUT2D eigenvalue weighted by Gasteiger charge is 2.41. The number of amides is 4. The average molecular weight is 465 g/mol. The van der Waals surface area contributed by atoms with Crippen molar-refractivity contribution >= 4 is 29.3 Å². The van der Waals surface area contributed by atoms with Gasteiger partial charge in [-0.15, -0.1) is 0 Å². The molecule has 2 atom stereocenters. The van der Waals surface area contributed by atoms with E-state index in [1.54, 1.807) is 52.7 Å². The van der Waals surface area contributed by atoms with E-state index >= 15 is 0 Å². The van der Waals surface area contributed by atoms with E-state index in [2.05, 4.69) is 20.6 Å². The summed E-state index contributed by atoms with van der Waals surface area (Å²) in [6.07, 6.45) is 9.60. The molecule has 178 valence electrons. The standard InChI is InChI=1S/C24H28N6O4/c31-21(16-27-22(32)17-6-3-10-25-14-17)29-12-2-1-8-20(29)24(34)30-13-5-9-19(30)23(33)28-18-7-4-11-26-15-18/h3-4,6-7,10-11,14-15,19-20H,1-2,5,8-9,12-13,16H2,(H,27,32)(H,28,33)/t19-,20-/m0/s1. The molecule has 2 saturated heterocycles. The van der Waals surface area contributed by atoms with Gasteiger partial charge in [-0.25, -0.2) is 0 Å². The van der Waals surface area contributed by atoms with Crippen LogP contribution in [0.3, 0.4) is 0 Å². The molecule has 0 bridgehead atoms. The molecule has 2 aromatic rings. The molecule has 2 aliphatic rings. The molecule has 10 heteroatoms. The molecule has 34 heavy (non-hydrogen) atoms. The van der Waals surface area contributed by atoms with Crippen molar-refractivity contribution in [3.63, 3.8) is 0 Å². The van der Waals surface area contributed by atoms with Crippen LogP contribution in [0.4, 0.5) is 5.69 Å². The molecule has 4 rings (SSSR count). The van der Waals surface area contributed by atoms with Gasteiger partial charge in [0, 0.05) is 31.7 Å². The Morgan fingerprint density at radius 1 is 0.882 bits per heavy atom. The van der Waals surface area contributed by atoms with E-state index in [0.29, 0.717) is 37.2 Å². The Hall–Kier alpha value is -3.82. The molecular weight excluding hydrogens is 436 g/mol. The van der Waals surface area contributed by atoms with Gasteiger partial charge in [-0.05, 0) is 56.4 Å². The Balaban J connectivity index is 1.39. The lowest BCUT2D eigenvalue weighted by molar-refractivity contribution is -0.149. The van der Waals surface area contributed by atoms with Crippen LogP contribution in [0, 0.1) is 0 Å². The summed E-state index contributed by atoms with van der Waals surface area (Å²) in [5.41, 5.74) is 0.937. The first kappa shape index (κ1) is 23.3. The maximum atomic E-state index is 13.5. The number of rotatable bonds is 6. The molecule has 0 aromatic carbocycles. The third-order valence-corrected chi connectivity index (χ3v) is 6.20. The van der Waals surface area contributed by atoms with Gasteiger partial charge in [-0.2, -0.15) is 0 Å². The number of aromatic nitrogens is 2. The predicted octanol–water partition coefficient (Wildman–Crippen LogP) is 1.22. The maximum absolute atomic E-state index is 13.5. The van der Waals surface area contributed by atoms with Gasteiger partial charge < -0.3 is 20.4 Å². The minimum atomic E-state index is -0.636. The van der Waals surface area contributed by atoms with Crippen molar-refractivity contribution in [3.8, 4) is 0 Å². The molecule has 0 saturated carbocycles. The summed E-state index contributed by atoms with van der Waals surface area (Å²) in [6, 6.07) is 5.51. The SMILES string of the molecule is O=C(NCC(=O)N1CCCC[C@H]1C(=O)N1CCC[C@H]1C(=O)Nc1cccnc1)c1cccnc1. The summed E-state index contributed by atoms with van der Waals surface area (Å²) in [6.45, 7) is 0.709. The summed E-state index contributed by atoms with van der Waals surface area (Å²) in [4.78, 5) is 62.6. The topological polar surface area (TPSA) is 125 Å². The molecule has 0 radical (unpaired) electrons. The van der Waals surface area contributed by atoms with Crippen LogP contribution in [0.25, 0.3) is 0 Å². The second-order valence-corrected chi connectivity index (χ2v) is 8.44. The molecule has 4 heterocycles. The first-order valence-corrected chi connectivity index (χ1v) is 11.5. The number of hydrogen-bond donors (Lipinski definition) is 2. The minimum Gasteiger partial charge on any atom is -0.343 e. The fourth-order valence-electron chi connectivity index (χ4n) is 4.50. The highest BCUT2D eigenvalue weighted by Crippen LogP contribution is 2.25. The number of nitrogens with one attached hydrogen (secondary N) is 2. The number of likely N-dealkylation sites (tertiary alicyclic amines) is 2. The molecule has 2 fully saturated rings. The molecule has 0 aliphatic carbocycles. The summed E-state index contributed by atoms with van der Waals surface area (Å²) in [5, 5.41) is 5.44. The Morgan fingerprint density at radius 3 is 2.35 bits per heavy atom. The second-order valence-electron chi connectivity index (χ2n) is 8.44. The number of nitrogens with zero attached hydrogens (tertiary/aromatic N) is 4. The van der Waals surface area contributed by atoms with E-state index in [1.807, 2.05) is 0 Å². The number of carbonyl (C=O) groups excluding carboxylic acids is 4. The third-order valence-electron chi connectivity index (χ3n) is 6.20. The number of pyridine rings is 2. The van der Waals surface area contributed by atoms with Gasteiger partial charge in [0.05, 0.1) is 24.0 Å². The van der Waals surface area contributed by atoms with Crippen molar-refractivity contribution < 1.29 is 19.2 Å². The molecule has 2 aromatic heterocycles. The quantitative estimate of drug-likeness (QED) is 0.662. The smallest absolute Gasteiger partial charge is 0.253 e. The molecule has 0 unspecified atom stereocenters. The van der Waals surface area contributed by atoms with Gasteiger partial charge in [-0.3, -0.25) is 29.1 Å². The zero-order valence-electron chi connectivity index (χ0n) is 18.9. The van der Waals surface area contributed by atoms with Crippen molar-refractivity contribution in [2.24, 2.45) is 0 Å². The fourth-order valence-corrected chi connectivity index (χ4v) is 4.50. The molecule has 10 nitrogen and oxygen atoms in total. The lowest BCUT2D eigenvalue weighted by Gasteiger charge is -2.38. The van der Waals surface area contributed by atoms with Crippen LogP contribution in [0.1, 0.15) is 42.5 Å². The Labute approximate surface area is 197 Å². The summed E-state index contributed by atoms with van der Waals surface area (Å²) in [7, 11) is 0. The van der Waals surface area contributed by atoms with Gasteiger partial charge in [0.1, 0.15) is 12.1 Å². The first-order valence-electron chi connectivity index (χ1n) is 11.5. The first-order chi connectivity index (χ1) is 16.5. The molecule has 0 spiro atoms. The van der Waals surface area contributed by atoms with Crippen LogP contribution in [0.2, 0.25) is 0 Å². The molecule has 2 aliphatic heterocycles. The summed E-state index contributed by atoms with van der Waals surface area (Å²) >= 11 is 0. The fraction of sp³-hybridized carbons (Fsp3) is 0.417. The van der Waals surface area contributed by atoms with Crippen molar-refractivity contribution in [2.45, 2.75) is 44.2 Å². The number of piperidine rings is 1. The number of anilines is 1. The second kappa shape index (κ2) is 10.9. The van der Waals surface area contributed by atoms with Crippen molar-refractivity contribution in [2.75, 3.05) is 25.0 Å². The largest absolute Gasteiger partial charge is 0.343 e. The van der Waals surface area contributed by atoms with Crippen LogP contribution < -0.4 is 10.6 Å². The lowest BCUT2D eigenvalue weighted by Crippen LogP contribution is -2.57. The highest BCUT2D eigenvalue weighted by atomic mass is 16.2. The maximum Gasteiger partial charge on any atom is 0.253 e. The average Bonchev–Trinajstić information content (AvgIpc) is 3.38. The number of carbonyl (C=O) groups is 4. The van der Waals surface area contributed by atoms with E-state index in [4.69, 9.17) is 0 Å². The molecule has 4 amide bonds. The van der Waals surface area contributed by atoms with E-state index in [9.17, 15) is 19.2 Å². The van der Waals surface area contributed by atoms with Crippen LogP contribution in [-0.2, 0) is 14.4 Å². The Bertz CT molecular complexity index is 1030. The van der Waals surface area contributed by atoms with Gasteiger partial charge in [0.2, 0.25) is 17.7 Å². The van der Waals surface area contributed by atoms with Crippen LogP contribution in [0.15, 0.2) is 49.1 Å². The van der Waals surface area contributed by atoms with Gasteiger partial charge in [0.15, 0.2) is 0 Å². The van der Waals surface area contributed by atoms with Gasteiger partial charge in [0.25, 0.3) is 5.91 Å². The minimum absolute atomic E-state index is 0.206. The van der Waals surface area contributed by atoms with E-state index < -0.39 is 18.0 Å². The van der Waals surface area contributed by atoms with Crippen LogP contribution in [-0.4, -0.2) is 75.1 Å². The van der Waals surface area contributed by atoms with Crippen LogP contribution >= 0.6 is 0 Å². The molecule has 2 N–H and O–H groups in total. The van der Waals surface area contributed by atoms with Crippen molar-refractivity contribution in [1.82, 2.24) is 25.1 Å². The summed E-state index contributed by atoms with van der Waals surface area (Å²) in [5.74, 6) is -1.18. The number of hydrogen-bond acceptors (Lipinski definition) is 6. The third kappa shape index (κ3) is 5.38. The zero-order valence-corrected chi connectivity index (χ0v) is 18.9.